The molecule has 0 aliphatic heterocycles. The molecule has 0 saturated carbocycles. The van der Waals surface area contributed by atoms with E-state index >= 15 is 0 Å². The SMILES string of the molecule is CCSc1cccc(NN)c1[N+](=O)[O-]. The highest BCUT2D eigenvalue weighted by atomic mass is 32.2. The molecule has 0 aliphatic carbocycles. The lowest BCUT2D eigenvalue weighted by molar-refractivity contribution is -0.386. The number of hydrogen-bond acceptors (Lipinski definition) is 5. The van der Waals surface area contributed by atoms with Crippen LogP contribution in [0.5, 0.6) is 0 Å². The van der Waals surface area contributed by atoms with Crippen molar-refractivity contribution in [3.05, 3.63) is 28.3 Å². The van der Waals surface area contributed by atoms with Crippen LogP contribution in [0, 0.1) is 10.1 Å². The van der Waals surface area contributed by atoms with Gasteiger partial charge < -0.3 is 5.43 Å². The first-order chi connectivity index (χ1) is 6.70. The molecule has 0 radical (unpaired) electrons. The number of para-hydroxylation sites is 1. The summed E-state index contributed by atoms with van der Waals surface area (Å²) in [6.45, 7) is 1.94. The summed E-state index contributed by atoms with van der Waals surface area (Å²) in [5, 5.41) is 10.8. The zero-order valence-electron chi connectivity index (χ0n) is 7.69. The molecular formula is C8H11N3O2S. The Labute approximate surface area is 85.8 Å². The molecule has 76 valence electrons. The molecule has 5 nitrogen and oxygen atoms in total. The standard InChI is InChI=1S/C8H11N3O2S/c1-2-14-7-5-3-4-6(10-9)8(7)11(12)13/h3-5,10H,2,9H2,1H3. The van der Waals surface area contributed by atoms with Crippen molar-refractivity contribution in [2.45, 2.75) is 11.8 Å². The van der Waals surface area contributed by atoms with E-state index in [1.807, 2.05) is 6.92 Å². The average Bonchev–Trinajstić information content (AvgIpc) is 2.17. The number of nitrogens with one attached hydrogen (secondary N) is 1. The average molecular weight is 213 g/mol. The smallest absolute Gasteiger partial charge is 0.307 e. The first kappa shape index (κ1) is 10.8. The molecule has 0 unspecified atom stereocenters. The van der Waals surface area contributed by atoms with Crippen LogP contribution < -0.4 is 11.3 Å². The maximum Gasteiger partial charge on any atom is 0.307 e. The molecule has 1 aromatic rings. The van der Waals surface area contributed by atoms with Crippen molar-refractivity contribution in [1.82, 2.24) is 0 Å². The molecule has 0 bridgehead atoms. The van der Waals surface area contributed by atoms with Crippen LogP contribution in [0.15, 0.2) is 23.1 Å². The number of hydrazine groups is 1. The van der Waals surface area contributed by atoms with E-state index < -0.39 is 4.92 Å². The predicted octanol–water partition coefficient (Wildman–Crippen LogP) is 1.99. The summed E-state index contributed by atoms with van der Waals surface area (Å²) in [6.07, 6.45) is 0. The van der Waals surface area contributed by atoms with Crippen molar-refractivity contribution >= 4 is 23.1 Å². The van der Waals surface area contributed by atoms with Gasteiger partial charge in [0.1, 0.15) is 5.69 Å². The van der Waals surface area contributed by atoms with Gasteiger partial charge in [0.2, 0.25) is 0 Å². The molecule has 0 saturated heterocycles. The van der Waals surface area contributed by atoms with Crippen LogP contribution in [0.4, 0.5) is 11.4 Å². The summed E-state index contributed by atoms with van der Waals surface area (Å²) in [4.78, 5) is 11.0. The Morgan fingerprint density at radius 1 is 1.64 bits per heavy atom. The normalized spacial score (nSPS) is 9.86. The van der Waals surface area contributed by atoms with Gasteiger partial charge in [-0.25, -0.2) is 0 Å². The molecule has 14 heavy (non-hydrogen) atoms. The minimum absolute atomic E-state index is 0.0434. The van der Waals surface area contributed by atoms with Crippen LogP contribution in [0.3, 0.4) is 0 Å². The van der Waals surface area contributed by atoms with Gasteiger partial charge in [-0.1, -0.05) is 13.0 Å². The van der Waals surface area contributed by atoms with E-state index in [0.29, 0.717) is 10.6 Å². The molecule has 1 aromatic carbocycles. The van der Waals surface area contributed by atoms with Crippen LogP contribution in [0.25, 0.3) is 0 Å². The molecule has 0 atom stereocenters. The summed E-state index contributed by atoms with van der Waals surface area (Å²) < 4.78 is 0. The maximum absolute atomic E-state index is 10.8. The first-order valence-corrected chi connectivity index (χ1v) is 5.06. The van der Waals surface area contributed by atoms with Gasteiger partial charge in [-0.2, -0.15) is 0 Å². The zero-order chi connectivity index (χ0) is 10.6. The molecule has 1 rings (SSSR count). The Balaban J connectivity index is 3.20. The van der Waals surface area contributed by atoms with E-state index in [0.717, 1.165) is 5.75 Å². The first-order valence-electron chi connectivity index (χ1n) is 4.07. The lowest BCUT2D eigenvalue weighted by Gasteiger charge is -2.05. The number of nitro groups is 1. The van der Waals surface area contributed by atoms with Crippen LogP contribution in [0.1, 0.15) is 6.92 Å². The van der Waals surface area contributed by atoms with Crippen LogP contribution in [-0.4, -0.2) is 10.7 Å². The van der Waals surface area contributed by atoms with Gasteiger partial charge in [0.25, 0.3) is 0 Å². The Kier molecular flexibility index (Phi) is 3.73. The molecule has 0 heterocycles. The van der Waals surface area contributed by atoms with E-state index in [-0.39, 0.29) is 5.69 Å². The lowest BCUT2D eigenvalue weighted by atomic mass is 10.3. The van der Waals surface area contributed by atoms with E-state index in [1.54, 1.807) is 18.2 Å². The third-order valence-electron chi connectivity index (χ3n) is 1.64. The number of benzene rings is 1. The molecule has 3 N–H and O–H groups in total. The zero-order valence-corrected chi connectivity index (χ0v) is 8.50. The summed E-state index contributed by atoms with van der Waals surface area (Å²) in [5.74, 6) is 5.98. The number of nitrogens with two attached hydrogens (primary N) is 1. The fraction of sp³-hybridized carbons (Fsp3) is 0.250. The molecule has 6 heteroatoms. The highest BCUT2D eigenvalue weighted by Crippen LogP contribution is 2.34. The van der Waals surface area contributed by atoms with Crippen LogP contribution in [0.2, 0.25) is 0 Å². The van der Waals surface area contributed by atoms with E-state index in [9.17, 15) is 10.1 Å². The third-order valence-corrected chi connectivity index (χ3v) is 2.57. The van der Waals surface area contributed by atoms with Crippen LogP contribution >= 0.6 is 11.8 Å². The molecule has 0 fully saturated rings. The summed E-state index contributed by atoms with van der Waals surface area (Å²) in [7, 11) is 0. The number of nitrogens with zero attached hydrogens (tertiary/aromatic N) is 1. The number of anilines is 1. The number of nitrogen functional groups attached to an aromatic ring is 1. The van der Waals surface area contributed by atoms with E-state index in [2.05, 4.69) is 5.43 Å². The van der Waals surface area contributed by atoms with Gasteiger partial charge in [-0.3, -0.25) is 16.0 Å². The van der Waals surface area contributed by atoms with Crippen molar-refractivity contribution in [2.75, 3.05) is 11.2 Å². The quantitative estimate of drug-likeness (QED) is 0.346. The monoisotopic (exact) mass is 213 g/mol. The lowest BCUT2D eigenvalue weighted by Crippen LogP contribution is -2.09. The van der Waals surface area contributed by atoms with Crippen molar-refractivity contribution in [1.29, 1.82) is 0 Å². The summed E-state index contributed by atoms with van der Waals surface area (Å²) in [6, 6.07) is 5.03. The van der Waals surface area contributed by atoms with E-state index in [1.165, 1.54) is 11.8 Å². The number of hydrogen-bond donors (Lipinski definition) is 2. The second kappa shape index (κ2) is 4.83. The molecule has 0 spiro atoms. The Morgan fingerprint density at radius 3 is 2.86 bits per heavy atom. The second-order valence-electron chi connectivity index (χ2n) is 2.49. The summed E-state index contributed by atoms with van der Waals surface area (Å²) in [5.41, 5.74) is 2.71. The highest BCUT2D eigenvalue weighted by Gasteiger charge is 2.18. The van der Waals surface area contributed by atoms with Crippen LogP contribution in [-0.2, 0) is 0 Å². The largest absolute Gasteiger partial charge is 0.318 e. The maximum atomic E-state index is 10.8. The van der Waals surface area contributed by atoms with Gasteiger partial charge in [0, 0.05) is 0 Å². The Hall–Kier alpha value is -1.27. The number of nitro benzene ring substituents is 1. The predicted molar refractivity (Wildman–Crippen MR) is 57.3 cm³/mol. The minimum Gasteiger partial charge on any atom is -0.318 e. The van der Waals surface area contributed by atoms with Crippen molar-refractivity contribution in [2.24, 2.45) is 5.84 Å². The van der Waals surface area contributed by atoms with Gasteiger partial charge in [0.15, 0.2) is 0 Å². The van der Waals surface area contributed by atoms with Crippen molar-refractivity contribution in [3.63, 3.8) is 0 Å². The molecule has 0 aliphatic rings. The van der Waals surface area contributed by atoms with Gasteiger partial charge in [0.05, 0.1) is 9.82 Å². The van der Waals surface area contributed by atoms with E-state index in [4.69, 9.17) is 5.84 Å². The van der Waals surface area contributed by atoms with Gasteiger partial charge >= 0.3 is 5.69 Å². The third kappa shape index (κ3) is 2.15. The second-order valence-corrected chi connectivity index (χ2v) is 3.79. The molecular weight excluding hydrogens is 202 g/mol. The Morgan fingerprint density at radius 2 is 2.36 bits per heavy atom. The number of thioether (sulfide) groups is 1. The van der Waals surface area contributed by atoms with Gasteiger partial charge in [-0.15, -0.1) is 11.8 Å². The number of rotatable bonds is 4. The summed E-state index contributed by atoms with van der Waals surface area (Å²) >= 11 is 1.42. The minimum atomic E-state index is -0.423. The fourth-order valence-corrected chi connectivity index (χ4v) is 1.91. The fourth-order valence-electron chi connectivity index (χ4n) is 1.10. The molecule has 0 amide bonds. The topological polar surface area (TPSA) is 81.2 Å². The highest BCUT2D eigenvalue weighted by molar-refractivity contribution is 7.99. The van der Waals surface area contributed by atoms with Crippen molar-refractivity contribution < 1.29 is 4.92 Å². The molecule has 0 aromatic heterocycles. The Bertz CT molecular complexity index is 343. The van der Waals surface area contributed by atoms with Gasteiger partial charge in [-0.05, 0) is 17.9 Å². The van der Waals surface area contributed by atoms with Crippen molar-refractivity contribution in [3.8, 4) is 0 Å².